The fraction of sp³-hybridized carbons (Fsp3) is 0.524. The molecule has 0 saturated carbocycles. The molecule has 3 atom stereocenters. The Morgan fingerprint density at radius 1 is 1.19 bits per heavy atom. The molecule has 2 aromatic rings. The molecule has 27 heavy (non-hydrogen) atoms. The molecule has 0 spiro atoms. The first-order valence-electron chi connectivity index (χ1n) is 9.92. The Hall–Kier alpha value is -2.34. The standard InChI is InChI=1S/C21H28N4O2/c1-15-16(2)27-12-11-24(15)19-14-20(26)23-21(22-19)25-10-6-9-18(25)13-17-7-4-3-5-8-17/h3-5,7-8,14-16,18H,6,9-13H2,1-2H3,(H,22,23,26)/t15?,16?,18-/m0/s1. The van der Waals surface area contributed by atoms with Gasteiger partial charge in [-0.15, -0.1) is 0 Å². The number of rotatable bonds is 4. The zero-order chi connectivity index (χ0) is 18.8. The number of H-pyrrole nitrogens is 1. The molecule has 2 aliphatic rings. The second-order valence-electron chi connectivity index (χ2n) is 7.62. The smallest absolute Gasteiger partial charge is 0.254 e. The molecule has 6 heteroatoms. The number of hydrogen-bond donors (Lipinski definition) is 1. The third kappa shape index (κ3) is 3.86. The minimum Gasteiger partial charge on any atom is -0.375 e. The minimum absolute atomic E-state index is 0.0910. The van der Waals surface area contributed by atoms with Crippen LogP contribution >= 0.6 is 0 Å². The van der Waals surface area contributed by atoms with Gasteiger partial charge in [0, 0.05) is 25.2 Å². The summed E-state index contributed by atoms with van der Waals surface area (Å²) < 4.78 is 5.72. The van der Waals surface area contributed by atoms with E-state index in [1.165, 1.54) is 5.56 Å². The van der Waals surface area contributed by atoms with Gasteiger partial charge in [-0.2, -0.15) is 4.98 Å². The van der Waals surface area contributed by atoms with Crippen molar-refractivity contribution < 1.29 is 4.74 Å². The summed E-state index contributed by atoms with van der Waals surface area (Å²) in [5, 5.41) is 0. The normalized spacial score (nSPS) is 25.8. The molecule has 1 aromatic carbocycles. The first-order chi connectivity index (χ1) is 13.1. The van der Waals surface area contributed by atoms with Gasteiger partial charge in [-0.25, -0.2) is 0 Å². The number of benzene rings is 1. The summed E-state index contributed by atoms with van der Waals surface area (Å²) in [4.78, 5) is 24.7. The summed E-state index contributed by atoms with van der Waals surface area (Å²) >= 11 is 0. The Morgan fingerprint density at radius 3 is 2.81 bits per heavy atom. The third-order valence-electron chi connectivity index (χ3n) is 5.86. The monoisotopic (exact) mass is 368 g/mol. The summed E-state index contributed by atoms with van der Waals surface area (Å²) in [7, 11) is 0. The van der Waals surface area contributed by atoms with Gasteiger partial charge in [-0.1, -0.05) is 30.3 Å². The molecule has 0 amide bonds. The second-order valence-corrected chi connectivity index (χ2v) is 7.62. The Balaban J connectivity index is 1.59. The lowest BCUT2D eigenvalue weighted by molar-refractivity contribution is 0.0281. The molecule has 0 bridgehead atoms. The molecule has 6 nitrogen and oxygen atoms in total. The second kappa shape index (κ2) is 7.72. The average Bonchev–Trinajstić information content (AvgIpc) is 3.12. The minimum atomic E-state index is -0.0910. The van der Waals surface area contributed by atoms with Crippen LogP contribution in [-0.2, 0) is 11.2 Å². The maximum atomic E-state index is 12.4. The molecular weight excluding hydrogens is 340 g/mol. The lowest BCUT2D eigenvalue weighted by Gasteiger charge is -2.38. The van der Waals surface area contributed by atoms with Gasteiger partial charge in [0.2, 0.25) is 5.95 Å². The van der Waals surface area contributed by atoms with Gasteiger partial charge in [0.05, 0.1) is 18.8 Å². The topological polar surface area (TPSA) is 61.5 Å². The Labute approximate surface area is 160 Å². The lowest BCUT2D eigenvalue weighted by atomic mass is 10.0. The summed E-state index contributed by atoms with van der Waals surface area (Å²) in [6, 6.07) is 12.7. The molecule has 2 saturated heterocycles. The van der Waals surface area contributed by atoms with Crippen LogP contribution in [0.1, 0.15) is 32.3 Å². The third-order valence-corrected chi connectivity index (χ3v) is 5.86. The summed E-state index contributed by atoms with van der Waals surface area (Å²) in [5.74, 6) is 1.45. The fourth-order valence-electron chi connectivity index (χ4n) is 4.18. The van der Waals surface area contributed by atoms with E-state index in [4.69, 9.17) is 9.72 Å². The van der Waals surface area contributed by atoms with E-state index in [1.807, 2.05) is 6.07 Å². The average molecular weight is 368 g/mol. The quantitative estimate of drug-likeness (QED) is 0.899. The van der Waals surface area contributed by atoms with Crippen molar-refractivity contribution in [3.8, 4) is 0 Å². The predicted molar refractivity (Wildman–Crippen MR) is 108 cm³/mol. The zero-order valence-electron chi connectivity index (χ0n) is 16.1. The molecule has 1 aromatic heterocycles. The van der Waals surface area contributed by atoms with Gasteiger partial charge >= 0.3 is 0 Å². The van der Waals surface area contributed by atoms with Crippen molar-refractivity contribution >= 4 is 11.8 Å². The number of nitrogens with zero attached hydrogens (tertiary/aromatic N) is 3. The zero-order valence-corrected chi connectivity index (χ0v) is 16.1. The highest BCUT2D eigenvalue weighted by Gasteiger charge is 2.30. The van der Waals surface area contributed by atoms with Crippen LogP contribution in [0.4, 0.5) is 11.8 Å². The number of nitrogens with one attached hydrogen (secondary N) is 1. The van der Waals surface area contributed by atoms with Gasteiger partial charge < -0.3 is 14.5 Å². The van der Waals surface area contributed by atoms with E-state index in [1.54, 1.807) is 6.07 Å². The number of hydrogen-bond acceptors (Lipinski definition) is 5. The Kier molecular flexibility index (Phi) is 5.16. The van der Waals surface area contributed by atoms with E-state index in [9.17, 15) is 4.79 Å². The van der Waals surface area contributed by atoms with Crippen molar-refractivity contribution in [3.63, 3.8) is 0 Å². The summed E-state index contributed by atoms with van der Waals surface area (Å²) in [6.45, 7) is 6.55. The van der Waals surface area contributed by atoms with Gasteiger partial charge in [0.15, 0.2) is 0 Å². The number of aromatic nitrogens is 2. The highest BCUT2D eigenvalue weighted by atomic mass is 16.5. The molecular formula is C21H28N4O2. The largest absolute Gasteiger partial charge is 0.375 e. The van der Waals surface area contributed by atoms with Crippen LogP contribution in [0.15, 0.2) is 41.2 Å². The highest BCUT2D eigenvalue weighted by Crippen LogP contribution is 2.27. The van der Waals surface area contributed by atoms with Crippen molar-refractivity contribution in [2.75, 3.05) is 29.5 Å². The first kappa shape index (κ1) is 18.0. The molecule has 0 radical (unpaired) electrons. The maximum absolute atomic E-state index is 12.4. The molecule has 144 valence electrons. The van der Waals surface area contributed by atoms with Crippen LogP contribution in [0.5, 0.6) is 0 Å². The van der Waals surface area contributed by atoms with Crippen molar-refractivity contribution in [2.45, 2.75) is 51.3 Å². The van der Waals surface area contributed by atoms with E-state index in [2.05, 4.69) is 52.9 Å². The first-order valence-corrected chi connectivity index (χ1v) is 9.92. The molecule has 2 fully saturated rings. The van der Waals surface area contributed by atoms with Gasteiger partial charge in [0.1, 0.15) is 5.82 Å². The molecule has 4 rings (SSSR count). The fourth-order valence-corrected chi connectivity index (χ4v) is 4.18. The van der Waals surface area contributed by atoms with Gasteiger partial charge in [0.25, 0.3) is 5.56 Å². The highest BCUT2D eigenvalue weighted by molar-refractivity contribution is 5.46. The summed E-state index contributed by atoms with van der Waals surface area (Å²) in [5.41, 5.74) is 1.23. The van der Waals surface area contributed by atoms with Crippen LogP contribution in [0.25, 0.3) is 0 Å². The lowest BCUT2D eigenvalue weighted by Crippen LogP contribution is -2.49. The number of ether oxygens (including phenoxy) is 1. The summed E-state index contributed by atoms with van der Waals surface area (Å²) in [6.07, 6.45) is 3.34. The maximum Gasteiger partial charge on any atom is 0.254 e. The Bertz CT molecular complexity index is 822. The number of aromatic amines is 1. The van der Waals surface area contributed by atoms with E-state index in [-0.39, 0.29) is 17.7 Å². The van der Waals surface area contributed by atoms with E-state index in [0.717, 1.165) is 38.2 Å². The van der Waals surface area contributed by atoms with Crippen LogP contribution < -0.4 is 15.4 Å². The Morgan fingerprint density at radius 2 is 2.00 bits per heavy atom. The number of morpholine rings is 1. The SMILES string of the molecule is CC1OCCN(c2cc(=O)[nH]c(N3CCC[C@H]3Cc3ccccc3)n2)C1C. The van der Waals surface area contributed by atoms with Gasteiger partial charge in [-0.3, -0.25) is 9.78 Å². The van der Waals surface area contributed by atoms with Crippen LogP contribution in [-0.4, -0.2) is 47.9 Å². The van der Waals surface area contributed by atoms with Crippen molar-refractivity contribution in [2.24, 2.45) is 0 Å². The van der Waals surface area contributed by atoms with Crippen molar-refractivity contribution in [3.05, 3.63) is 52.3 Å². The van der Waals surface area contributed by atoms with E-state index >= 15 is 0 Å². The molecule has 1 N–H and O–H groups in total. The molecule has 0 aliphatic carbocycles. The van der Waals surface area contributed by atoms with Crippen molar-refractivity contribution in [1.29, 1.82) is 0 Å². The molecule has 2 aliphatic heterocycles. The van der Waals surface area contributed by atoms with Crippen molar-refractivity contribution in [1.82, 2.24) is 9.97 Å². The van der Waals surface area contributed by atoms with Crippen LogP contribution in [0, 0.1) is 0 Å². The van der Waals surface area contributed by atoms with Crippen LogP contribution in [0.3, 0.4) is 0 Å². The number of anilines is 2. The van der Waals surface area contributed by atoms with E-state index in [0.29, 0.717) is 18.6 Å². The van der Waals surface area contributed by atoms with Crippen LogP contribution in [0.2, 0.25) is 0 Å². The predicted octanol–water partition coefficient (Wildman–Crippen LogP) is 2.59. The molecule has 2 unspecified atom stereocenters. The van der Waals surface area contributed by atoms with Gasteiger partial charge in [-0.05, 0) is 38.7 Å². The molecule has 3 heterocycles. The van der Waals surface area contributed by atoms with E-state index < -0.39 is 0 Å².